The van der Waals surface area contributed by atoms with Crippen LogP contribution in [0.1, 0.15) is 39.2 Å². The molecule has 0 aliphatic carbocycles. The molecule has 23 heavy (non-hydrogen) atoms. The Bertz CT molecular complexity index is 584. The van der Waals surface area contributed by atoms with E-state index in [2.05, 4.69) is 17.6 Å². The number of benzene rings is 1. The van der Waals surface area contributed by atoms with E-state index in [-0.39, 0.29) is 18.6 Å². The number of unbranched alkanes of at least 4 members (excludes halogenated alkanes) is 1. The number of hydrogen-bond acceptors (Lipinski definition) is 4. The van der Waals surface area contributed by atoms with E-state index in [1.165, 1.54) is 0 Å². The molecule has 0 spiro atoms. The van der Waals surface area contributed by atoms with Crippen LogP contribution in [-0.4, -0.2) is 25.2 Å². The van der Waals surface area contributed by atoms with Crippen LogP contribution >= 0.6 is 0 Å². The number of amides is 2. The average Bonchev–Trinajstić information content (AvgIpc) is 3.00. The fourth-order valence-corrected chi connectivity index (χ4v) is 2.16. The Labute approximate surface area is 136 Å². The van der Waals surface area contributed by atoms with E-state index >= 15 is 0 Å². The van der Waals surface area contributed by atoms with Crippen LogP contribution in [0.15, 0.2) is 18.2 Å². The van der Waals surface area contributed by atoms with Crippen LogP contribution < -0.4 is 20.1 Å². The molecule has 1 aromatic carbocycles. The SMILES string of the molecule is CCCCNC(=O)C(C)(C)C(=O)NCc1ccc2c(c1)OCO2. The summed E-state index contributed by atoms with van der Waals surface area (Å²) in [6.45, 7) is 6.45. The zero-order valence-electron chi connectivity index (χ0n) is 13.9. The van der Waals surface area contributed by atoms with Crippen LogP contribution in [0.4, 0.5) is 0 Å². The van der Waals surface area contributed by atoms with Gasteiger partial charge in [0, 0.05) is 13.1 Å². The van der Waals surface area contributed by atoms with Gasteiger partial charge in [-0.15, -0.1) is 0 Å². The van der Waals surface area contributed by atoms with Crippen LogP contribution in [0.3, 0.4) is 0 Å². The number of fused-ring (bicyclic) bond motifs is 1. The molecule has 0 unspecified atom stereocenters. The maximum atomic E-state index is 12.3. The Morgan fingerprint density at radius 1 is 1.13 bits per heavy atom. The Morgan fingerprint density at radius 3 is 2.57 bits per heavy atom. The van der Waals surface area contributed by atoms with Crippen molar-refractivity contribution in [1.82, 2.24) is 10.6 Å². The van der Waals surface area contributed by atoms with Gasteiger partial charge in [0.2, 0.25) is 18.6 Å². The third-order valence-electron chi connectivity index (χ3n) is 3.84. The lowest BCUT2D eigenvalue weighted by Crippen LogP contribution is -2.47. The first kappa shape index (κ1) is 17.1. The predicted octanol–water partition coefficient (Wildman–Crippen LogP) is 1.97. The molecule has 0 bridgehead atoms. The maximum Gasteiger partial charge on any atom is 0.235 e. The first-order valence-electron chi connectivity index (χ1n) is 7.90. The van der Waals surface area contributed by atoms with E-state index < -0.39 is 5.41 Å². The molecular formula is C17H24N2O4. The number of rotatable bonds is 7. The van der Waals surface area contributed by atoms with E-state index in [1.54, 1.807) is 13.8 Å². The molecular weight excluding hydrogens is 296 g/mol. The third-order valence-corrected chi connectivity index (χ3v) is 3.84. The quantitative estimate of drug-likeness (QED) is 0.595. The number of carbonyl (C=O) groups excluding carboxylic acids is 2. The molecule has 2 N–H and O–H groups in total. The third kappa shape index (κ3) is 4.15. The van der Waals surface area contributed by atoms with Crippen molar-refractivity contribution in [3.63, 3.8) is 0 Å². The van der Waals surface area contributed by atoms with Crippen LogP contribution in [-0.2, 0) is 16.1 Å². The number of ether oxygens (including phenoxy) is 2. The second-order valence-electron chi connectivity index (χ2n) is 6.10. The first-order valence-corrected chi connectivity index (χ1v) is 7.90. The predicted molar refractivity (Wildman–Crippen MR) is 86.1 cm³/mol. The minimum Gasteiger partial charge on any atom is -0.454 e. The van der Waals surface area contributed by atoms with Gasteiger partial charge in [-0.3, -0.25) is 9.59 Å². The van der Waals surface area contributed by atoms with Crippen molar-refractivity contribution in [3.05, 3.63) is 23.8 Å². The van der Waals surface area contributed by atoms with Crippen LogP contribution in [0.5, 0.6) is 11.5 Å². The molecule has 0 atom stereocenters. The zero-order chi connectivity index (χ0) is 16.9. The Morgan fingerprint density at radius 2 is 1.83 bits per heavy atom. The topological polar surface area (TPSA) is 76.7 Å². The molecule has 0 saturated heterocycles. The van der Waals surface area contributed by atoms with Crippen molar-refractivity contribution >= 4 is 11.8 Å². The lowest BCUT2D eigenvalue weighted by Gasteiger charge is -2.22. The number of nitrogens with one attached hydrogen (secondary N) is 2. The normalized spacial score (nSPS) is 12.8. The molecule has 0 radical (unpaired) electrons. The summed E-state index contributed by atoms with van der Waals surface area (Å²) >= 11 is 0. The molecule has 2 amide bonds. The van der Waals surface area contributed by atoms with Crippen LogP contribution in [0.2, 0.25) is 0 Å². The Balaban J connectivity index is 1.89. The summed E-state index contributed by atoms with van der Waals surface area (Å²) in [5, 5.41) is 5.61. The van der Waals surface area contributed by atoms with E-state index in [0.29, 0.717) is 24.6 Å². The summed E-state index contributed by atoms with van der Waals surface area (Å²) in [5.74, 6) is 0.822. The second kappa shape index (κ2) is 7.35. The highest BCUT2D eigenvalue weighted by molar-refractivity contribution is 6.04. The number of carbonyl (C=O) groups is 2. The van der Waals surface area contributed by atoms with Crippen LogP contribution in [0, 0.1) is 5.41 Å². The molecule has 1 aliphatic rings. The lowest BCUT2D eigenvalue weighted by atomic mass is 9.91. The largest absolute Gasteiger partial charge is 0.454 e. The van der Waals surface area contributed by atoms with Crippen molar-refractivity contribution in [1.29, 1.82) is 0 Å². The second-order valence-corrected chi connectivity index (χ2v) is 6.10. The minimum atomic E-state index is -1.11. The van der Waals surface area contributed by atoms with Gasteiger partial charge in [-0.2, -0.15) is 0 Å². The van der Waals surface area contributed by atoms with Gasteiger partial charge < -0.3 is 20.1 Å². The highest BCUT2D eigenvalue weighted by Gasteiger charge is 2.35. The van der Waals surface area contributed by atoms with Crippen molar-refractivity contribution < 1.29 is 19.1 Å². The summed E-state index contributed by atoms with van der Waals surface area (Å²) in [4.78, 5) is 24.5. The smallest absolute Gasteiger partial charge is 0.235 e. The van der Waals surface area contributed by atoms with Crippen molar-refractivity contribution in [2.24, 2.45) is 5.41 Å². The average molecular weight is 320 g/mol. The molecule has 6 heteroatoms. The van der Waals surface area contributed by atoms with Gasteiger partial charge in [0.1, 0.15) is 5.41 Å². The molecule has 126 valence electrons. The molecule has 6 nitrogen and oxygen atoms in total. The van der Waals surface area contributed by atoms with E-state index in [1.807, 2.05) is 18.2 Å². The van der Waals surface area contributed by atoms with E-state index in [9.17, 15) is 9.59 Å². The van der Waals surface area contributed by atoms with Gasteiger partial charge in [-0.05, 0) is 38.0 Å². The van der Waals surface area contributed by atoms with Gasteiger partial charge >= 0.3 is 0 Å². The highest BCUT2D eigenvalue weighted by atomic mass is 16.7. The fraction of sp³-hybridized carbons (Fsp3) is 0.529. The lowest BCUT2D eigenvalue weighted by molar-refractivity contribution is -0.141. The van der Waals surface area contributed by atoms with Gasteiger partial charge in [-0.1, -0.05) is 19.4 Å². The van der Waals surface area contributed by atoms with Crippen molar-refractivity contribution in [3.8, 4) is 11.5 Å². The van der Waals surface area contributed by atoms with Crippen LogP contribution in [0.25, 0.3) is 0 Å². The molecule has 1 aromatic rings. The molecule has 0 aromatic heterocycles. The summed E-state index contributed by atoms with van der Waals surface area (Å²) in [6.07, 6.45) is 1.90. The van der Waals surface area contributed by atoms with Gasteiger partial charge in [-0.25, -0.2) is 0 Å². The summed E-state index contributed by atoms with van der Waals surface area (Å²) in [7, 11) is 0. The highest BCUT2D eigenvalue weighted by Crippen LogP contribution is 2.32. The monoisotopic (exact) mass is 320 g/mol. The molecule has 1 heterocycles. The van der Waals surface area contributed by atoms with Gasteiger partial charge in [0.25, 0.3) is 0 Å². The van der Waals surface area contributed by atoms with Gasteiger partial charge in [0.15, 0.2) is 11.5 Å². The Hall–Kier alpha value is -2.24. The number of hydrogen-bond donors (Lipinski definition) is 2. The van der Waals surface area contributed by atoms with Gasteiger partial charge in [0.05, 0.1) is 0 Å². The standard InChI is InChI=1S/C17H24N2O4/c1-4-5-8-18-15(20)17(2,3)16(21)19-10-12-6-7-13-14(9-12)23-11-22-13/h6-7,9H,4-5,8,10-11H2,1-3H3,(H,18,20)(H,19,21). The molecule has 2 rings (SSSR count). The van der Waals surface area contributed by atoms with E-state index in [0.717, 1.165) is 18.4 Å². The van der Waals surface area contributed by atoms with Crippen molar-refractivity contribution in [2.75, 3.05) is 13.3 Å². The summed E-state index contributed by atoms with van der Waals surface area (Å²) in [5.41, 5.74) is -0.214. The van der Waals surface area contributed by atoms with E-state index in [4.69, 9.17) is 9.47 Å². The van der Waals surface area contributed by atoms with Crippen molar-refractivity contribution in [2.45, 2.75) is 40.2 Å². The summed E-state index contributed by atoms with van der Waals surface area (Å²) < 4.78 is 10.6. The molecule has 0 fully saturated rings. The maximum absolute atomic E-state index is 12.3. The zero-order valence-corrected chi connectivity index (χ0v) is 13.9. The molecule has 0 saturated carbocycles. The first-order chi connectivity index (χ1) is 10.9. The summed E-state index contributed by atoms with van der Waals surface area (Å²) in [6, 6.07) is 5.51. The fourth-order valence-electron chi connectivity index (χ4n) is 2.16. The molecule has 1 aliphatic heterocycles. The Kier molecular flexibility index (Phi) is 5.47. The minimum absolute atomic E-state index is 0.218.